The molecule has 0 aromatic heterocycles. The van der Waals surface area contributed by atoms with E-state index < -0.39 is 11.9 Å². The molecular formula is C12H26CdO6. The molecule has 0 aliphatic rings. The number of rotatable bonds is 8. The van der Waals surface area contributed by atoms with Gasteiger partial charge in [0.05, 0.1) is 0 Å². The second-order valence-corrected chi connectivity index (χ2v) is 3.66. The number of unbranched alkanes of at least 4 members (excludes halogenated alkanes) is 4. The molecule has 0 radical (unpaired) electrons. The summed E-state index contributed by atoms with van der Waals surface area (Å²) in [5.41, 5.74) is 0. The van der Waals surface area contributed by atoms with E-state index in [1.54, 1.807) is 0 Å². The molecule has 0 unspecified atom stereocenters. The standard InChI is InChI=1S/2C6H12O2.Cd.2H2O/c2*1-2-3-4-5-6(7)8;;;/h2*2-5H2,1H3,(H,7,8);;2*1H2/q;;+2;;/p-2. The van der Waals surface area contributed by atoms with Crippen LogP contribution in [0.1, 0.15) is 65.2 Å². The monoisotopic (exact) mass is 380 g/mol. The fourth-order valence-corrected chi connectivity index (χ4v) is 1.04. The van der Waals surface area contributed by atoms with E-state index in [-0.39, 0.29) is 51.1 Å². The van der Waals surface area contributed by atoms with E-state index in [4.69, 9.17) is 0 Å². The van der Waals surface area contributed by atoms with E-state index in [9.17, 15) is 19.8 Å². The Kier molecular flexibility index (Phi) is 43.4. The molecule has 0 amide bonds. The number of carbonyl (C=O) groups is 2. The average Bonchev–Trinajstić information content (AvgIpc) is 2.18. The molecule has 0 rings (SSSR count). The van der Waals surface area contributed by atoms with E-state index >= 15 is 0 Å². The van der Waals surface area contributed by atoms with E-state index in [0.717, 1.165) is 38.5 Å². The first kappa shape index (κ1) is 31.3. The van der Waals surface area contributed by atoms with E-state index in [1.165, 1.54) is 0 Å². The maximum atomic E-state index is 9.76. The summed E-state index contributed by atoms with van der Waals surface area (Å²) in [6.07, 6.45) is 6.07. The van der Waals surface area contributed by atoms with E-state index in [0.29, 0.717) is 0 Å². The fraction of sp³-hybridized carbons (Fsp3) is 0.833. The Hall–Kier alpha value is -0.218. The van der Waals surface area contributed by atoms with Gasteiger partial charge in [-0.1, -0.05) is 39.5 Å². The van der Waals surface area contributed by atoms with Crippen molar-refractivity contribution in [1.29, 1.82) is 0 Å². The van der Waals surface area contributed by atoms with Gasteiger partial charge in [0, 0.05) is 11.9 Å². The third kappa shape index (κ3) is 46.3. The number of carboxylic acid groups (broad SMARTS) is 2. The van der Waals surface area contributed by atoms with Crippen LogP contribution < -0.4 is 10.2 Å². The summed E-state index contributed by atoms with van der Waals surface area (Å²) < 4.78 is 0. The minimum absolute atomic E-state index is 0. The van der Waals surface area contributed by atoms with Crippen LogP contribution >= 0.6 is 0 Å². The molecule has 112 valence electrons. The molecule has 7 heteroatoms. The van der Waals surface area contributed by atoms with Crippen molar-refractivity contribution in [2.24, 2.45) is 0 Å². The van der Waals surface area contributed by atoms with E-state index in [1.807, 2.05) is 13.8 Å². The largest absolute Gasteiger partial charge is 2.00 e. The van der Waals surface area contributed by atoms with E-state index in [2.05, 4.69) is 0 Å². The van der Waals surface area contributed by atoms with Crippen LogP contribution in [0.4, 0.5) is 0 Å². The molecule has 0 aromatic carbocycles. The van der Waals surface area contributed by atoms with Gasteiger partial charge in [0.2, 0.25) is 0 Å². The Bertz CT molecular complexity index is 167. The van der Waals surface area contributed by atoms with Crippen LogP contribution in [0.5, 0.6) is 0 Å². The molecule has 0 aliphatic carbocycles. The zero-order valence-corrected chi connectivity index (χ0v) is 16.0. The molecule has 0 saturated heterocycles. The zero-order valence-electron chi connectivity index (χ0n) is 12.0. The number of hydrogen-bond donors (Lipinski definition) is 0. The summed E-state index contributed by atoms with van der Waals surface area (Å²) >= 11 is 0. The van der Waals surface area contributed by atoms with Crippen molar-refractivity contribution in [1.82, 2.24) is 0 Å². The Morgan fingerprint density at radius 2 is 1.00 bits per heavy atom. The molecule has 0 spiro atoms. The summed E-state index contributed by atoms with van der Waals surface area (Å²) in [6.45, 7) is 4.07. The van der Waals surface area contributed by atoms with Crippen LogP contribution in [-0.4, -0.2) is 22.9 Å². The molecule has 0 heterocycles. The Balaban J connectivity index is -0.0000000594. The second-order valence-electron chi connectivity index (χ2n) is 3.66. The molecule has 0 bridgehead atoms. The molecule has 19 heavy (non-hydrogen) atoms. The second kappa shape index (κ2) is 26.4. The normalized spacial score (nSPS) is 7.68. The summed E-state index contributed by atoms with van der Waals surface area (Å²) in [5.74, 6) is -1.86. The zero-order chi connectivity index (χ0) is 12.8. The Morgan fingerprint density at radius 3 is 1.16 bits per heavy atom. The van der Waals surface area contributed by atoms with Gasteiger partial charge in [0.15, 0.2) is 0 Å². The minimum Gasteiger partial charge on any atom is -0.550 e. The average molecular weight is 379 g/mol. The molecular weight excluding hydrogens is 353 g/mol. The molecule has 0 aliphatic heterocycles. The van der Waals surface area contributed by atoms with Crippen molar-refractivity contribution in [3.63, 3.8) is 0 Å². The van der Waals surface area contributed by atoms with Crippen LogP contribution in [-0.2, 0) is 36.9 Å². The summed E-state index contributed by atoms with van der Waals surface area (Å²) in [7, 11) is 0. The number of carbonyl (C=O) groups excluding carboxylic acids is 2. The third-order valence-corrected chi connectivity index (χ3v) is 1.97. The topological polar surface area (TPSA) is 143 Å². The predicted molar refractivity (Wildman–Crippen MR) is 65.5 cm³/mol. The van der Waals surface area contributed by atoms with Gasteiger partial charge in [0.1, 0.15) is 0 Å². The summed E-state index contributed by atoms with van der Waals surface area (Å²) in [6, 6.07) is 0. The third-order valence-electron chi connectivity index (χ3n) is 1.97. The van der Waals surface area contributed by atoms with Crippen molar-refractivity contribution in [2.75, 3.05) is 0 Å². The summed E-state index contributed by atoms with van der Waals surface area (Å²) in [5, 5.41) is 19.5. The number of carboxylic acids is 2. The van der Waals surface area contributed by atoms with Crippen LogP contribution in [0.15, 0.2) is 0 Å². The molecule has 0 atom stereocenters. The maximum absolute atomic E-state index is 9.76. The van der Waals surface area contributed by atoms with Crippen molar-refractivity contribution in [3.8, 4) is 0 Å². The summed E-state index contributed by atoms with van der Waals surface area (Å²) in [4.78, 5) is 19.5. The first-order valence-corrected chi connectivity index (χ1v) is 5.94. The van der Waals surface area contributed by atoms with Gasteiger partial charge in [-0.25, -0.2) is 0 Å². The predicted octanol–water partition coefficient (Wildman–Crippen LogP) is -1.02. The van der Waals surface area contributed by atoms with Gasteiger partial charge in [-0.3, -0.25) is 0 Å². The smallest absolute Gasteiger partial charge is 0.550 e. The van der Waals surface area contributed by atoms with Crippen molar-refractivity contribution >= 4 is 11.9 Å². The van der Waals surface area contributed by atoms with Crippen molar-refractivity contribution in [2.45, 2.75) is 65.2 Å². The molecule has 6 nitrogen and oxygen atoms in total. The molecule has 4 N–H and O–H groups in total. The number of aliphatic carboxylic acids is 2. The van der Waals surface area contributed by atoms with Crippen LogP contribution in [0.25, 0.3) is 0 Å². The van der Waals surface area contributed by atoms with Gasteiger partial charge < -0.3 is 30.8 Å². The Labute approximate surface area is 135 Å². The first-order chi connectivity index (χ1) is 7.54. The minimum atomic E-state index is -0.932. The van der Waals surface area contributed by atoms with Gasteiger partial charge in [0.25, 0.3) is 0 Å². The SMILES string of the molecule is CCCCCC(=O)[O-].CCCCCC(=O)[O-].O.O.[Cd+2]. The quantitative estimate of drug-likeness (QED) is 0.393. The first-order valence-electron chi connectivity index (χ1n) is 5.94. The molecule has 0 fully saturated rings. The van der Waals surface area contributed by atoms with Crippen LogP contribution in [0.2, 0.25) is 0 Å². The number of hydrogen-bond acceptors (Lipinski definition) is 4. The van der Waals surface area contributed by atoms with Crippen LogP contribution in [0.3, 0.4) is 0 Å². The Morgan fingerprint density at radius 1 is 0.737 bits per heavy atom. The van der Waals surface area contributed by atoms with Crippen LogP contribution in [0, 0.1) is 0 Å². The van der Waals surface area contributed by atoms with Gasteiger partial charge >= 0.3 is 27.3 Å². The maximum Gasteiger partial charge on any atom is 2.00 e. The van der Waals surface area contributed by atoms with Gasteiger partial charge in [-0.2, -0.15) is 0 Å². The van der Waals surface area contributed by atoms with Gasteiger partial charge in [-0.15, -0.1) is 0 Å². The van der Waals surface area contributed by atoms with Crippen molar-refractivity contribution in [3.05, 3.63) is 0 Å². The van der Waals surface area contributed by atoms with Gasteiger partial charge in [-0.05, 0) is 25.7 Å². The van der Waals surface area contributed by atoms with Crippen molar-refractivity contribution < 1.29 is 58.1 Å². The fourth-order valence-electron chi connectivity index (χ4n) is 1.04. The molecule has 0 aromatic rings. The molecule has 0 saturated carbocycles.